The number of aromatic nitrogens is 2. The lowest BCUT2D eigenvalue weighted by Crippen LogP contribution is -1.97. The SMILES string of the molecule is N#Cc1ccc2c(Sc3ccccc3N)cn(Cc3ccncc3)c2c1. The van der Waals surface area contributed by atoms with E-state index in [0.717, 1.165) is 38.5 Å². The van der Waals surface area contributed by atoms with E-state index in [4.69, 9.17) is 5.73 Å². The van der Waals surface area contributed by atoms with Gasteiger partial charge in [0, 0.05) is 46.0 Å². The van der Waals surface area contributed by atoms with Gasteiger partial charge in [-0.3, -0.25) is 4.98 Å². The number of rotatable bonds is 4. The fraction of sp³-hybridized carbons (Fsp3) is 0.0476. The van der Waals surface area contributed by atoms with Crippen molar-refractivity contribution in [2.45, 2.75) is 16.3 Å². The fourth-order valence-corrected chi connectivity index (χ4v) is 3.95. The highest BCUT2D eigenvalue weighted by molar-refractivity contribution is 7.99. The van der Waals surface area contributed by atoms with Crippen molar-refractivity contribution in [3.8, 4) is 6.07 Å². The van der Waals surface area contributed by atoms with Crippen molar-refractivity contribution in [1.29, 1.82) is 5.26 Å². The van der Waals surface area contributed by atoms with E-state index < -0.39 is 0 Å². The molecule has 0 unspecified atom stereocenters. The van der Waals surface area contributed by atoms with Crippen LogP contribution in [0.3, 0.4) is 0 Å². The third-order valence-corrected chi connectivity index (χ3v) is 5.35. The van der Waals surface area contributed by atoms with Gasteiger partial charge in [-0.1, -0.05) is 30.0 Å². The first-order valence-corrected chi connectivity index (χ1v) is 9.00. The van der Waals surface area contributed by atoms with Crippen LogP contribution in [0.1, 0.15) is 11.1 Å². The Labute approximate surface area is 155 Å². The molecule has 26 heavy (non-hydrogen) atoms. The highest BCUT2D eigenvalue weighted by atomic mass is 32.2. The first kappa shape index (κ1) is 16.2. The zero-order valence-electron chi connectivity index (χ0n) is 14.0. The number of para-hydroxylation sites is 1. The summed E-state index contributed by atoms with van der Waals surface area (Å²) in [6, 6.07) is 19.9. The van der Waals surface area contributed by atoms with Gasteiger partial charge in [0.1, 0.15) is 0 Å². The topological polar surface area (TPSA) is 67.6 Å². The molecule has 0 saturated carbocycles. The van der Waals surface area contributed by atoms with Gasteiger partial charge in [-0.2, -0.15) is 5.26 Å². The summed E-state index contributed by atoms with van der Waals surface area (Å²) in [7, 11) is 0. The Hall–Kier alpha value is -3.23. The van der Waals surface area contributed by atoms with E-state index in [0.29, 0.717) is 5.56 Å². The Morgan fingerprint density at radius 2 is 1.85 bits per heavy atom. The van der Waals surface area contributed by atoms with Gasteiger partial charge in [0.2, 0.25) is 0 Å². The maximum absolute atomic E-state index is 9.27. The van der Waals surface area contributed by atoms with Crippen LogP contribution in [0.5, 0.6) is 0 Å². The zero-order valence-corrected chi connectivity index (χ0v) is 14.8. The predicted octanol–water partition coefficient (Wildman–Crippen LogP) is 4.69. The molecular formula is C21H16N4S. The number of fused-ring (bicyclic) bond motifs is 1. The molecule has 126 valence electrons. The first-order chi connectivity index (χ1) is 12.7. The quantitative estimate of drug-likeness (QED) is 0.539. The normalized spacial score (nSPS) is 10.7. The van der Waals surface area contributed by atoms with Gasteiger partial charge in [-0.05, 0) is 42.0 Å². The number of nitriles is 1. The van der Waals surface area contributed by atoms with Crippen LogP contribution >= 0.6 is 11.8 Å². The van der Waals surface area contributed by atoms with E-state index in [9.17, 15) is 5.26 Å². The van der Waals surface area contributed by atoms with Crippen LogP contribution in [-0.2, 0) is 6.54 Å². The van der Waals surface area contributed by atoms with Crippen molar-refractivity contribution in [2.75, 3.05) is 5.73 Å². The zero-order chi connectivity index (χ0) is 17.9. The summed E-state index contributed by atoms with van der Waals surface area (Å²) in [6.45, 7) is 0.721. The number of nitrogens with zero attached hydrogens (tertiary/aromatic N) is 3. The molecule has 4 nitrogen and oxygen atoms in total. The Morgan fingerprint density at radius 3 is 2.62 bits per heavy atom. The van der Waals surface area contributed by atoms with Crippen LogP contribution in [0.15, 0.2) is 83.0 Å². The van der Waals surface area contributed by atoms with Crippen molar-refractivity contribution in [1.82, 2.24) is 9.55 Å². The molecule has 2 heterocycles. The second kappa shape index (κ2) is 6.95. The lowest BCUT2D eigenvalue weighted by Gasteiger charge is -2.05. The molecule has 0 saturated heterocycles. The van der Waals surface area contributed by atoms with Gasteiger partial charge in [0.05, 0.1) is 17.1 Å². The first-order valence-electron chi connectivity index (χ1n) is 8.19. The Balaban J connectivity index is 1.81. The highest BCUT2D eigenvalue weighted by Gasteiger charge is 2.12. The van der Waals surface area contributed by atoms with E-state index in [1.54, 1.807) is 24.2 Å². The van der Waals surface area contributed by atoms with Crippen LogP contribution in [0.4, 0.5) is 5.69 Å². The third-order valence-electron chi connectivity index (χ3n) is 4.22. The van der Waals surface area contributed by atoms with E-state index in [1.807, 2.05) is 54.6 Å². The van der Waals surface area contributed by atoms with E-state index in [2.05, 4.69) is 21.8 Å². The van der Waals surface area contributed by atoms with Crippen molar-refractivity contribution >= 4 is 28.4 Å². The highest BCUT2D eigenvalue weighted by Crippen LogP contribution is 2.38. The molecule has 2 N–H and O–H groups in total. The second-order valence-corrected chi connectivity index (χ2v) is 7.04. The Kier molecular flexibility index (Phi) is 4.34. The fourth-order valence-electron chi connectivity index (χ4n) is 2.92. The summed E-state index contributed by atoms with van der Waals surface area (Å²) >= 11 is 1.65. The molecule has 0 aliphatic rings. The van der Waals surface area contributed by atoms with Crippen LogP contribution < -0.4 is 5.73 Å². The van der Waals surface area contributed by atoms with Gasteiger partial charge in [0.15, 0.2) is 0 Å². The van der Waals surface area contributed by atoms with Crippen molar-refractivity contribution < 1.29 is 0 Å². The number of hydrogen-bond acceptors (Lipinski definition) is 4. The molecule has 0 fully saturated rings. The molecule has 0 aliphatic heterocycles. The Morgan fingerprint density at radius 1 is 1.04 bits per heavy atom. The number of hydrogen-bond donors (Lipinski definition) is 1. The predicted molar refractivity (Wildman–Crippen MR) is 105 cm³/mol. The van der Waals surface area contributed by atoms with Gasteiger partial charge in [-0.25, -0.2) is 0 Å². The van der Waals surface area contributed by atoms with Crippen LogP contribution in [0.25, 0.3) is 10.9 Å². The maximum atomic E-state index is 9.27. The molecule has 0 atom stereocenters. The largest absolute Gasteiger partial charge is 0.398 e. The van der Waals surface area contributed by atoms with Gasteiger partial charge in [-0.15, -0.1) is 0 Å². The molecule has 0 amide bonds. The smallest absolute Gasteiger partial charge is 0.0992 e. The van der Waals surface area contributed by atoms with Crippen LogP contribution in [0.2, 0.25) is 0 Å². The average molecular weight is 356 g/mol. The summed E-state index contributed by atoms with van der Waals surface area (Å²) in [5.74, 6) is 0. The number of anilines is 1. The molecule has 0 bridgehead atoms. The monoisotopic (exact) mass is 356 g/mol. The van der Waals surface area contributed by atoms with E-state index in [-0.39, 0.29) is 0 Å². The van der Waals surface area contributed by atoms with Crippen molar-refractivity contribution in [2.24, 2.45) is 0 Å². The van der Waals surface area contributed by atoms with E-state index >= 15 is 0 Å². The summed E-state index contributed by atoms with van der Waals surface area (Å²) in [6.07, 6.45) is 5.72. The molecule has 4 aromatic rings. The number of benzene rings is 2. The lowest BCUT2D eigenvalue weighted by molar-refractivity contribution is 0.828. The summed E-state index contributed by atoms with van der Waals surface area (Å²) in [4.78, 5) is 6.23. The van der Waals surface area contributed by atoms with Gasteiger partial charge in [0.25, 0.3) is 0 Å². The van der Waals surface area contributed by atoms with Gasteiger partial charge >= 0.3 is 0 Å². The molecular weight excluding hydrogens is 340 g/mol. The van der Waals surface area contributed by atoms with Crippen LogP contribution in [-0.4, -0.2) is 9.55 Å². The third kappa shape index (κ3) is 3.15. The summed E-state index contributed by atoms with van der Waals surface area (Å²) < 4.78 is 2.17. The standard InChI is InChI=1S/C21H16N4S/c22-12-16-5-6-17-19(11-16)25(13-15-7-9-24-10-8-15)14-21(17)26-20-4-2-1-3-18(20)23/h1-11,14H,13,23H2. The maximum Gasteiger partial charge on any atom is 0.0992 e. The van der Waals surface area contributed by atoms with Crippen LogP contribution in [0, 0.1) is 11.3 Å². The molecule has 2 aromatic heterocycles. The lowest BCUT2D eigenvalue weighted by atomic mass is 10.2. The van der Waals surface area contributed by atoms with Crippen molar-refractivity contribution in [3.63, 3.8) is 0 Å². The molecule has 2 aromatic carbocycles. The summed E-state index contributed by atoms with van der Waals surface area (Å²) in [5.41, 5.74) is 9.73. The molecule has 0 radical (unpaired) electrons. The molecule has 0 aliphatic carbocycles. The van der Waals surface area contributed by atoms with E-state index in [1.165, 1.54) is 0 Å². The minimum Gasteiger partial charge on any atom is -0.398 e. The average Bonchev–Trinajstić information content (AvgIpc) is 3.01. The van der Waals surface area contributed by atoms with Crippen molar-refractivity contribution in [3.05, 3.63) is 84.3 Å². The minimum atomic E-state index is 0.655. The number of nitrogen functional groups attached to an aromatic ring is 1. The molecule has 0 spiro atoms. The minimum absolute atomic E-state index is 0.655. The molecule has 4 rings (SSSR count). The van der Waals surface area contributed by atoms with Gasteiger partial charge < -0.3 is 10.3 Å². The molecule has 5 heteroatoms. The summed E-state index contributed by atoms with van der Waals surface area (Å²) in [5, 5.41) is 10.4. The number of pyridine rings is 1. The Bertz CT molecular complexity index is 1110. The second-order valence-electron chi connectivity index (χ2n) is 5.96. The number of nitrogens with two attached hydrogens (primary N) is 1.